The lowest BCUT2D eigenvalue weighted by Gasteiger charge is -2.03. The lowest BCUT2D eigenvalue weighted by molar-refractivity contribution is 0.638. The summed E-state index contributed by atoms with van der Waals surface area (Å²) in [6.07, 6.45) is 6.17. The van der Waals surface area contributed by atoms with Crippen molar-refractivity contribution < 1.29 is 0 Å². The van der Waals surface area contributed by atoms with Gasteiger partial charge < -0.3 is 0 Å². The molecule has 0 atom stereocenters. The smallest absolute Gasteiger partial charge is 0.0359 e. The fraction of sp³-hybridized carbons (Fsp3) is 0.700. The molecule has 0 aromatic heterocycles. The van der Waals surface area contributed by atoms with Crippen molar-refractivity contribution in [3.05, 3.63) is 11.8 Å². The van der Waals surface area contributed by atoms with Crippen LogP contribution in [-0.4, -0.2) is 6.21 Å². The van der Waals surface area contributed by atoms with Gasteiger partial charge in [-0.1, -0.05) is 26.8 Å². The predicted molar refractivity (Wildman–Crippen MR) is 52.0 cm³/mol. The third-order valence-corrected chi connectivity index (χ3v) is 1.39. The van der Waals surface area contributed by atoms with Crippen LogP contribution in [0.15, 0.2) is 16.8 Å². The Morgan fingerprint density at radius 3 is 2.45 bits per heavy atom. The highest BCUT2D eigenvalue weighted by Crippen LogP contribution is 2.10. The highest BCUT2D eigenvalue weighted by Gasteiger charge is 1.96. The van der Waals surface area contributed by atoms with Gasteiger partial charge in [0.05, 0.1) is 0 Å². The molecule has 0 heterocycles. The van der Waals surface area contributed by atoms with Crippen LogP contribution in [0.2, 0.25) is 0 Å². The van der Waals surface area contributed by atoms with Gasteiger partial charge in [0, 0.05) is 11.9 Å². The van der Waals surface area contributed by atoms with Crippen molar-refractivity contribution in [3.8, 4) is 0 Å². The lowest BCUT2D eigenvalue weighted by atomic mass is 10.1. The van der Waals surface area contributed by atoms with Crippen molar-refractivity contribution in [2.75, 3.05) is 0 Å². The lowest BCUT2D eigenvalue weighted by Crippen LogP contribution is -1.89. The molecule has 0 unspecified atom stereocenters. The van der Waals surface area contributed by atoms with E-state index >= 15 is 0 Å². The first-order valence-corrected chi connectivity index (χ1v) is 4.38. The fourth-order valence-electron chi connectivity index (χ4n) is 0.872. The van der Waals surface area contributed by atoms with E-state index in [2.05, 4.69) is 31.8 Å². The Balaban J connectivity index is 3.88. The highest BCUT2D eigenvalue weighted by molar-refractivity contribution is 5.58. The third-order valence-electron chi connectivity index (χ3n) is 1.39. The van der Waals surface area contributed by atoms with Crippen LogP contribution in [0.25, 0.3) is 0 Å². The summed E-state index contributed by atoms with van der Waals surface area (Å²) >= 11 is 0. The molecule has 0 fully saturated rings. The summed E-state index contributed by atoms with van der Waals surface area (Å²) in [5, 5.41) is 0. The minimum Gasteiger partial charge on any atom is -0.266 e. The van der Waals surface area contributed by atoms with Crippen molar-refractivity contribution in [3.63, 3.8) is 0 Å². The van der Waals surface area contributed by atoms with Crippen LogP contribution in [-0.2, 0) is 0 Å². The molecule has 0 saturated heterocycles. The average molecular weight is 153 g/mol. The zero-order valence-electron chi connectivity index (χ0n) is 8.09. The Kier molecular flexibility index (Phi) is 5.81. The Bertz CT molecular complexity index is 143. The molecule has 0 aliphatic carbocycles. The molecule has 0 aliphatic rings. The molecule has 64 valence electrons. The summed E-state index contributed by atoms with van der Waals surface area (Å²) in [6.45, 7) is 8.58. The van der Waals surface area contributed by atoms with Gasteiger partial charge in [-0.05, 0) is 25.7 Å². The summed E-state index contributed by atoms with van der Waals surface area (Å²) in [4.78, 5) is 4.34. The van der Waals surface area contributed by atoms with E-state index in [-0.39, 0.29) is 0 Å². The maximum absolute atomic E-state index is 4.34. The van der Waals surface area contributed by atoms with E-state index in [0.29, 0.717) is 5.92 Å². The Hall–Kier alpha value is -0.590. The van der Waals surface area contributed by atoms with E-state index in [1.165, 1.54) is 5.70 Å². The van der Waals surface area contributed by atoms with E-state index in [4.69, 9.17) is 0 Å². The van der Waals surface area contributed by atoms with Crippen molar-refractivity contribution in [1.29, 1.82) is 0 Å². The summed E-state index contributed by atoms with van der Waals surface area (Å²) < 4.78 is 0. The quantitative estimate of drug-likeness (QED) is 0.549. The van der Waals surface area contributed by atoms with Gasteiger partial charge in [0.2, 0.25) is 0 Å². The molecule has 0 bridgehead atoms. The number of nitrogens with zero attached hydrogens (tertiary/aromatic N) is 1. The summed E-state index contributed by atoms with van der Waals surface area (Å²) in [5.74, 6) is 0.704. The first kappa shape index (κ1) is 10.4. The molecule has 11 heavy (non-hydrogen) atoms. The number of hydrogen-bond donors (Lipinski definition) is 0. The molecule has 0 aromatic rings. The third kappa shape index (κ3) is 5.84. The van der Waals surface area contributed by atoms with Gasteiger partial charge in [0.15, 0.2) is 0 Å². The zero-order chi connectivity index (χ0) is 8.69. The first-order valence-electron chi connectivity index (χ1n) is 4.38. The average Bonchev–Trinajstić information content (AvgIpc) is 1.97. The SMILES string of the molecule is C/C=C(CC(C)C)\N=C/CC. The molecule has 0 aliphatic heterocycles. The normalized spacial score (nSPS) is 13.4. The van der Waals surface area contributed by atoms with Gasteiger partial charge in [-0.2, -0.15) is 0 Å². The molecule has 0 radical (unpaired) electrons. The molecule has 1 nitrogen and oxygen atoms in total. The van der Waals surface area contributed by atoms with Gasteiger partial charge in [0.25, 0.3) is 0 Å². The van der Waals surface area contributed by atoms with Crippen molar-refractivity contribution in [1.82, 2.24) is 0 Å². The van der Waals surface area contributed by atoms with E-state index in [1.54, 1.807) is 0 Å². The van der Waals surface area contributed by atoms with Crippen LogP contribution in [0, 0.1) is 5.92 Å². The van der Waals surface area contributed by atoms with Crippen LogP contribution < -0.4 is 0 Å². The predicted octanol–water partition coefficient (Wildman–Crippen LogP) is 3.42. The van der Waals surface area contributed by atoms with Crippen LogP contribution >= 0.6 is 0 Å². The summed E-state index contributed by atoms with van der Waals surface area (Å²) in [5.41, 5.74) is 1.21. The highest BCUT2D eigenvalue weighted by atomic mass is 14.7. The van der Waals surface area contributed by atoms with Crippen LogP contribution in [0.3, 0.4) is 0 Å². The number of allylic oxidation sites excluding steroid dienone is 2. The van der Waals surface area contributed by atoms with Crippen LogP contribution in [0.5, 0.6) is 0 Å². The number of aliphatic imine (C=N–C) groups is 1. The Morgan fingerprint density at radius 1 is 1.45 bits per heavy atom. The maximum atomic E-state index is 4.34. The van der Waals surface area contributed by atoms with Crippen LogP contribution in [0.1, 0.15) is 40.5 Å². The van der Waals surface area contributed by atoms with E-state index in [0.717, 1.165) is 12.8 Å². The molecule has 0 amide bonds. The second-order valence-corrected chi connectivity index (χ2v) is 3.10. The molecule has 0 saturated carbocycles. The fourth-order valence-corrected chi connectivity index (χ4v) is 0.872. The summed E-state index contributed by atoms with van der Waals surface area (Å²) in [7, 11) is 0. The van der Waals surface area contributed by atoms with Gasteiger partial charge in [-0.3, -0.25) is 4.99 Å². The minimum atomic E-state index is 0.704. The largest absolute Gasteiger partial charge is 0.266 e. The zero-order valence-corrected chi connectivity index (χ0v) is 8.09. The molecule has 0 N–H and O–H groups in total. The van der Waals surface area contributed by atoms with Crippen molar-refractivity contribution >= 4 is 6.21 Å². The molecular weight excluding hydrogens is 134 g/mol. The van der Waals surface area contributed by atoms with Gasteiger partial charge >= 0.3 is 0 Å². The van der Waals surface area contributed by atoms with E-state index in [1.807, 2.05) is 13.1 Å². The van der Waals surface area contributed by atoms with Gasteiger partial charge in [-0.25, -0.2) is 0 Å². The Labute approximate surface area is 70.2 Å². The Morgan fingerprint density at radius 2 is 2.09 bits per heavy atom. The molecule has 1 heteroatoms. The number of hydrogen-bond acceptors (Lipinski definition) is 1. The van der Waals surface area contributed by atoms with Crippen LogP contribution in [0.4, 0.5) is 0 Å². The maximum Gasteiger partial charge on any atom is 0.0359 e. The molecular formula is C10H19N. The van der Waals surface area contributed by atoms with E-state index < -0.39 is 0 Å². The molecule has 0 rings (SSSR count). The minimum absolute atomic E-state index is 0.704. The standard InChI is InChI=1S/C10H19N/c1-5-7-11-10(6-2)8-9(3)4/h6-7,9H,5,8H2,1-4H3/b10-6-,11-7-. The summed E-state index contributed by atoms with van der Waals surface area (Å²) in [6, 6.07) is 0. The second kappa shape index (κ2) is 6.14. The van der Waals surface area contributed by atoms with Crippen molar-refractivity contribution in [2.24, 2.45) is 10.9 Å². The second-order valence-electron chi connectivity index (χ2n) is 3.10. The monoisotopic (exact) mass is 153 g/mol. The van der Waals surface area contributed by atoms with Gasteiger partial charge in [0.1, 0.15) is 0 Å². The molecule has 0 aromatic carbocycles. The molecule has 0 spiro atoms. The topological polar surface area (TPSA) is 12.4 Å². The van der Waals surface area contributed by atoms with E-state index in [9.17, 15) is 0 Å². The number of rotatable bonds is 4. The van der Waals surface area contributed by atoms with Crippen molar-refractivity contribution in [2.45, 2.75) is 40.5 Å². The van der Waals surface area contributed by atoms with Gasteiger partial charge in [-0.15, -0.1) is 0 Å². The first-order chi connectivity index (χ1) is 5.20.